The van der Waals surface area contributed by atoms with Crippen molar-refractivity contribution < 1.29 is 4.74 Å². The Kier molecular flexibility index (Phi) is 4.67. The van der Waals surface area contributed by atoms with Gasteiger partial charge in [-0.15, -0.1) is 0 Å². The summed E-state index contributed by atoms with van der Waals surface area (Å²) in [6.07, 6.45) is 0.891. The summed E-state index contributed by atoms with van der Waals surface area (Å²) in [5, 5.41) is 0.741. The minimum Gasteiger partial charge on any atom is -0.494 e. The zero-order valence-corrected chi connectivity index (χ0v) is 12.5. The molecule has 0 N–H and O–H groups in total. The van der Waals surface area contributed by atoms with E-state index in [0.29, 0.717) is 6.61 Å². The van der Waals surface area contributed by atoms with Gasteiger partial charge >= 0.3 is 0 Å². The Labute approximate surface area is 121 Å². The second-order valence-electron chi connectivity index (χ2n) is 4.00. The average Bonchev–Trinajstić information content (AvgIpc) is 2.37. The SMILES string of the molecule is CCOc1ccc(Cc2ccc(Cl)c(Br)c2)cc1. The number of ether oxygens (including phenoxy) is 1. The minimum absolute atomic E-state index is 0.698. The molecular weight excluding hydrogens is 312 g/mol. The van der Waals surface area contributed by atoms with Crippen LogP contribution in [0.15, 0.2) is 46.9 Å². The van der Waals surface area contributed by atoms with Crippen molar-refractivity contribution in [1.82, 2.24) is 0 Å². The largest absolute Gasteiger partial charge is 0.494 e. The second kappa shape index (κ2) is 6.26. The first-order valence-corrected chi connectivity index (χ1v) is 7.02. The Morgan fingerprint density at radius 2 is 1.72 bits per heavy atom. The molecule has 0 aliphatic rings. The summed E-state index contributed by atoms with van der Waals surface area (Å²) < 4.78 is 6.36. The van der Waals surface area contributed by atoms with Crippen molar-refractivity contribution in [1.29, 1.82) is 0 Å². The summed E-state index contributed by atoms with van der Waals surface area (Å²) in [7, 11) is 0. The van der Waals surface area contributed by atoms with Gasteiger partial charge in [-0.1, -0.05) is 29.8 Å². The van der Waals surface area contributed by atoms with Crippen LogP contribution in [0.4, 0.5) is 0 Å². The molecular formula is C15H14BrClO. The van der Waals surface area contributed by atoms with Crippen LogP contribution in [0.5, 0.6) is 5.75 Å². The average molecular weight is 326 g/mol. The molecule has 0 aliphatic heterocycles. The molecule has 0 heterocycles. The fraction of sp³-hybridized carbons (Fsp3) is 0.200. The van der Waals surface area contributed by atoms with Crippen LogP contribution in [0, 0.1) is 0 Å². The second-order valence-corrected chi connectivity index (χ2v) is 5.26. The smallest absolute Gasteiger partial charge is 0.119 e. The highest BCUT2D eigenvalue weighted by Gasteiger charge is 2.01. The van der Waals surface area contributed by atoms with E-state index < -0.39 is 0 Å². The first-order valence-electron chi connectivity index (χ1n) is 5.84. The van der Waals surface area contributed by atoms with Gasteiger partial charge in [0, 0.05) is 4.47 Å². The fourth-order valence-electron chi connectivity index (χ4n) is 1.76. The van der Waals surface area contributed by atoms with Gasteiger partial charge in [0.1, 0.15) is 5.75 Å². The number of hydrogen-bond acceptors (Lipinski definition) is 1. The molecule has 0 spiro atoms. The van der Waals surface area contributed by atoms with Crippen LogP contribution in [0.3, 0.4) is 0 Å². The molecule has 2 aromatic carbocycles. The molecule has 0 saturated carbocycles. The first kappa shape index (κ1) is 13.4. The summed E-state index contributed by atoms with van der Waals surface area (Å²) in [5.74, 6) is 0.915. The lowest BCUT2D eigenvalue weighted by atomic mass is 10.1. The fourth-order valence-corrected chi connectivity index (χ4v) is 2.30. The van der Waals surface area contributed by atoms with Gasteiger partial charge in [0.05, 0.1) is 11.6 Å². The highest BCUT2D eigenvalue weighted by atomic mass is 79.9. The van der Waals surface area contributed by atoms with Gasteiger partial charge in [0.2, 0.25) is 0 Å². The van der Waals surface area contributed by atoms with Crippen molar-refractivity contribution in [3.8, 4) is 5.75 Å². The normalized spacial score (nSPS) is 10.4. The van der Waals surface area contributed by atoms with Crippen molar-refractivity contribution in [2.24, 2.45) is 0 Å². The van der Waals surface area contributed by atoms with Crippen molar-refractivity contribution in [3.63, 3.8) is 0 Å². The molecule has 94 valence electrons. The summed E-state index contributed by atoms with van der Waals surface area (Å²) >= 11 is 9.42. The van der Waals surface area contributed by atoms with E-state index in [2.05, 4.69) is 34.1 Å². The van der Waals surface area contributed by atoms with E-state index in [0.717, 1.165) is 21.7 Å². The highest BCUT2D eigenvalue weighted by Crippen LogP contribution is 2.24. The summed E-state index contributed by atoms with van der Waals surface area (Å²) in [6.45, 7) is 2.68. The molecule has 0 aliphatic carbocycles. The molecule has 2 aromatic rings. The summed E-state index contributed by atoms with van der Waals surface area (Å²) in [4.78, 5) is 0. The van der Waals surface area contributed by atoms with Crippen molar-refractivity contribution in [2.45, 2.75) is 13.3 Å². The van der Waals surface area contributed by atoms with Crippen LogP contribution in [0.25, 0.3) is 0 Å². The number of hydrogen-bond donors (Lipinski definition) is 0. The summed E-state index contributed by atoms with van der Waals surface area (Å²) in [5.41, 5.74) is 2.49. The van der Waals surface area contributed by atoms with Crippen LogP contribution in [0.1, 0.15) is 18.1 Å². The summed E-state index contributed by atoms with van der Waals surface area (Å²) in [6, 6.07) is 14.2. The van der Waals surface area contributed by atoms with E-state index >= 15 is 0 Å². The lowest BCUT2D eigenvalue weighted by molar-refractivity contribution is 0.340. The van der Waals surface area contributed by atoms with Gasteiger partial charge in [-0.2, -0.15) is 0 Å². The number of benzene rings is 2. The van der Waals surface area contributed by atoms with Crippen molar-refractivity contribution in [3.05, 3.63) is 63.1 Å². The van der Waals surface area contributed by atoms with Gasteiger partial charge in [-0.25, -0.2) is 0 Å². The highest BCUT2D eigenvalue weighted by molar-refractivity contribution is 9.10. The van der Waals surface area contributed by atoms with E-state index in [4.69, 9.17) is 16.3 Å². The molecule has 3 heteroatoms. The Morgan fingerprint density at radius 1 is 1.06 bits per heavy atom. The Bertz CT molecular complexity index is 523. The topological polar surface area (TPSA) is 9.23 Å². The maximum absolute atomic E-state index is 5.98. The number of rotatable bonds is 4. The maximum atomic E-state index is 5.98. The van der Waals surface area contributed by atoms with E-state index in [1.54, 1.807) is 0 Å². The van der Waals surface area contributed by atoms with Crippen LogP contribution >= 0.6 is 27.5 Å². The van der Waals surface area contributed by atoms with Crippen molar-refractivity contribution in [2.75, 3.05) is 6.61 Å². The molecule has 0 unspecified atom stereocenters. The number of halogens is 2. The van der Waals surface area contributed by atoms with Gasteiger partial charge in [0.25, 0.3) is 0 Å². The molecule has 0 aromatic heterocycles. The van der Waals surface area contributed by atoms with Gasteiger partial charge < -0.3 is 4.74 Å². The van der Waals surface area contributed by atoms with E-state index in [1.807, 2.05) is 31.2 Å². The molecule has 0 atom stereocenters. The lowest BCUT2D eigenvalue weighted by Crippen LogP contribution is -1.92. The molecule has 2 rings (SSSR count). The van der Waals surface area contributed by atoms with Gasteiger partial charge in [-0.3, -0.25) is 0 Å². The Morgan fingerprint density at radius 3 is 2.33 bits per heavy atom. The monoisotopic (exact) mass is 324 g/mol. The van der Waals surface area contributed by atoms with E-state index in [-0.39, 0.29) is 0 Å². The standard InChI is InChI=1S/C15H14BrClO/c1-2-18-13-6-3-11(4-7-13)9-12-5-8-15(17)14(16)10-12/h3-8,10H,2,9H2,1H3. The van der Waals surface area contributed by atoms with E-state index in [1.165, 1.54) is 11.1 Å². The van der Waals surface area contributed by atoms with Gasteiger partial charge in [-0.05, 0) is 64.7 Å². The zero-order valence-electron chi connectivity index (χ0n) is 10.1. The third kappa shape index (κ3) is 3.50. The minimum atomic E-state index is 0.698. The van der Waals surface area contributed by atoms with Crippen LogP contribution in [-0.4, -0.2) is 6.61 Å². The molecule has 0 radical (unpaired) electrons. The van der Waals surface area contributed by atoms with Gasteiger partial charge in [0.15, 0.2) is 0 Å². The first-order chi connectivity index (χ1) is 8.69. The third-order valence-electron chi connectivity index (χ3n) is 2.63. The zero-order chi connectivity index (χ0) is 13.0. The molecule has 0 amide bonds. The molecule has 18 heavy (non-hydrogen) atoms. The Balaban J connectivity index is 2.10. The maximum Gasteiger partial charge on any atom is 0.119 e. The van der Waals surface area contributed by atoms with E-state index in [9.17, 15) is 0 Å². The molecule has 0 fully saturated rings. The quantitative estimate of drug-likeness (QED) is 0.760. The van der Waals surface area contributed by atoms with Crippen molar-refractivity contribution >= 4 is 27.5 Å². The molecule has 0 saturated heterocycles. The van der Waals surface area contributed by atoms with Crippen LogP contribution in [0.2, 0.25) is 5.02 Å². The van der Waals surface area contributed by atoms with Crippen LogP contribution < -0.4 is 4.74 Å². The lowest BCUT2D eigenvalue weighted by Gasteiger charge is -2.06. The molecule has 0 bridgehead atoms. The Hall–Kier alpha value is -0.990. The predicted octanol–water partition coefficient (Wildman–Crippen LogP) is 5.09. The third-order valence-corrected chi connectivity index (χ3v) is 3.84. The molecule has 1 nitrogen and oxygen atoms in total. The van der Waals surface area contributed by atoms with Crippen LogP contribution in [-0.2, 0) is 6.42 Å². The predicted molar refractivity (Wildman–Crippen MR) is 79.6 cm³/mol.